The molecule has 0 unspecified atom stereocenters. The lowest BCUT2D eigenvalue weighted by Gasteiger charge is -2.03. The van der Waals surface area contributed by atoms with Crippen molar-refractivity contribution >= 4 is 0 Å². The normalized spacial score (nSPS) is 36.0. The van der Waals surface area contributed by atoms with Crippen LogP contribution in [0.2, 0.25) is 0 Å². The summed E-state index contributed by atoms with van der Waals surface area (Å²) < 4.78 is 5.35. The predicted molar refractivity (Wildman–Crippen MR) is 32.6 cm³/mol. The maximum Gasteiger partial charge on any atom is 0.0746 e. The molecule has 0 spiro atoms. The van der Waals surface area contributed by atoms with Crippen molar-refractivity contribution < 1.29 is 4.74 Å². The summed E-state index contributed by atoms with van der Waals surface area (Å²) in [7, 11) is 0. The molecule has 0 heterocycles. The van der Waals surface area contributed by atoms with Crippen molar-refractivity contribution in [1.29, 1.82) is 0 Å². The SMILES string of the molecule is CC(C)O[C@H]1C[C@H]1N. The minimum absolute atomic E-state index is 0.331. The molecule has 2 N–H and O–H groups in total. The predicted octanol–water partition coefficient (Wildman–Crippen LogP) is 0.511. The first-order chi connectivity index (χ1) is 3.70. The topological polar surface area (TPSA) is 35.2 Å². The lowest BCUT2D eigenvalue weighted by atomic mass is 10.5. The summed E-state index contributed by atoms with van der Waals surface area (Å²) in [6, 6.07) is 0.331. The van der Waals surface area contributed by atoms with E-state index in [4.69, 9.17) is 10.5 Å². The van der Waals surface area contributed by atoms with E-state index in [1.54, 1.807) is 0 Å². The van der Waals surface area contributed by atoms with Gasteiger partial charge in [-0.25, -0.2) is 0 Å². The molecular formula is C6H13NO. The summed E-state index contributed by atoms with van der Waals surface area (Å²) in [6.45, 7) is 4.07. The largest absolute Gasteiger partial charge is 0.374 e. The second-order valence-electron chi connectivity index (χ2n) is 2.62. The Morgan fingerprint density at radius 3 is 2.25 bits per heavy atom. The van der Waals surface area contributed by atoms with Crippen molar-refractivity contribution in [3.63, 3.8) is 0 Å². The zero-order chi connectivity index (χ0) is 6.15. The second kappa shape index (κ2) is 2.03. The Balaban J connectivity index is 2.05. The molecule has 48 valence electrons. The molecule has 0 bridgehead atoms. The van der Waals surface area contributed by atoms with Gasteiger partial charge in [-0.3, -0.25) is 0 Å². The van der Waals surface area contributed by atoms with Gasteiger partial charge in [-0.1, -0.05) is 0 Å². The summed E-state index contributed by atoms with van der Waals surface area (Å²) in [5.41, 5.74) is 5.49. The van der Waals surface area contributed by atoms with E-state index < -0.39 is 0 Å². The highest BCUT2D eigenvalue weighted by atomic mass is 16.5. The van der Waals surface area contributed by atoms with Gasteiger partial charge in [-0.15, -0.1) is 0 Å². The molecule has 1 saturated carbocycles. The summed E-state index contributed by atoms with van der Waals surface area (Å²) in [5.74, 6) is 0. The molecule has 2 heteroatoms. The van der Waals surface area contributed by atoms with Gasteiger partial charge in [-0.05, 0) is 20.3 Å². The summed E-state index contributed by atoms with van der Waals surface area (Å²) in [4.78, 5) is 0. The quantitative estimate of drug-likeness (QED) is 0.569. The van der Waals surface area contributed by atoms with Crippen LogP contribution >= 0.6 is 0 Å². The molecule has 0 aromatic rings. The first-order valence-corrected chi connectivity index (χ1v) is 3.11. The molecule has 2 nitrogen and oxygen atoms in total. The first-order valence-electron chi connectivity index (χ1n) is 3.11. The number of nitrogens with two attached hydrogens (primary N) is 1. The molecular weight excluding hydrogens is 102 g/mol. The zero-order valence-corrected chi connectivity index (χ0v) is 5.42. The number of hydrogen-bond donors (Lipinski definition) is 1. The number of hydrogen-bond acceptors (Lipinski definition) is 2. The number of ether oxygens (including phenoxy) is 1. The standard InChI is InChI=1S/C6H13NO/c1-4(2)8-6-3-5(6)7/h4-6H,3,7H2,1-2H3/t5-,6+/m1/s1. The minimum Gasteiger partial charge on any atom is -0.374 e. The van der Waals surface area contributed by atoms with Gasteiger partial charge in [-0.2, -0.15) is 0 Å². The van der Waals surface area contributed by atoms with E-state index in [9.17, 15) is 0 Å². The Hall–Kier alpha value is -0.0800. The molecule has 1 aliphatic carbocycles. The van der Waals surface area contributed by atoms with Crippen molar-refractivity contribution in [3.05, 3.63) is 0 Å². The maximum absolute atomic E-state index is 5.49. The van der Waals surface area contributed by atoms with Crippen LogP contribution in [-0.4, -0.2) is 18.2 Å². The van der Waals surface area contributed by atoms with Gasteiger partial charge in [0.2, 0.25) is 0 Å². The molecule has 2 atom stereocenters. The van der Waals surface area contributed by atoms with Crippen molar-refractivity contribution in [1.82, 2.24) is 0 Å². The summed E-state index contributed by atoms with van der Waals surface area (Å²) in [5, 5.41) is 0. The minimum atomic E-state index is 0.331. The van der Waals surface area contributed by atoms with Gasteiger partial charge in [0.15, 0.2) is 0 Å². The molecule has 0 aromatic heterocycles. The highest BCUT2D eigenvalue weighted by Crippen LogP contribution is 2.23. The molecule has 1 rings (SSSR count). The van der Waals surface area contributed by atoms with E-state index >= 15 is 0 Å². The second-order valence-corrected chi connectivity index (χ2v) is 2.62. The van der Waals surface area contributed by atoms with Gasteiger partial charge in [0.25, 0.3) is 0 Å². The van der Waals surface area contributed by atoms with Crippen molar-refractivity contribution in [3.8, 4) is 0 Å². The van der Waals surface area contributed by atoms with Crippen molar-refractivity contribution in [2.75, 3.05) is 0 Å². The zero-order valence-electron chi connectivity index (χ0n) is 5.42. The maximum atomic E-state index is 5.49. The van der Waals surface area contributed by atoms with Crippen LogP contribution in [0.15, 0.2) is 0 Å². The Morgan fingerprint density at radius 2 is 2.12 bits per heavy atom. The lowest BCUT2D eigenvalue weighted by Crippen LogP contribution is -2.12. The molecule has 1 aliphatic rings. The smallest absolute Gasteiger partial charge is 0.0746 e. The summed E-state index contributed by atoms with van der Waals surface area (Å²) in [6.07, 6.45) is 1.77. The highest BCUT2D eigenvalue weighted by molar-refractivity contribution is 4.91. The van der Waals surface area contributed by atoms with Crippen LogP contribution in [0, 0.1) is 0 Å². The Bertz CT molecular complexity index is 82.6. The van der Waals surface area contributed by atoms with Crippen molar-refractivity contribution in [2.45, 2.75) is 38.5 Å². The summed E-state index contributed by atoms with van der Waals surface area (Å²) >= 11 is 0. The number of rotatable bonds is 2. The van der Waals surface area contributed by atoms with Crippen LogP contribution in [-0.2, 0) is 4.74 Å². The first kappa shape index (κ1) is 6.05. The van der Waals surface area contributed by atoms with Gasteiger partial charge in [0, 0.05) is 6.04 Å². The monoisotopic (exact) mass is 115 g/mol. The molecule has 0 aromatic carbocycles. The average Bonchev–Trinajstić information content (AvgIpc) is 2.17. The van der Waals surface area contributed by atoms with E-state index in [1.807, 2.05) is 13.8 Å². The van der Waals surface area contributed by atoms with E-state index in [2.05, 4.69) is 0 Å². The van der Waals surface area contributed by atoms with Crippen molar-refractivity contribution in [2.24, 2.45) is 5.73 Å². The molecule has 0 amide bonds. The highest BCUT2D eigenvalue weighted by Gasteiger charge is 2.34. The fourth-order valence-corrected chi connectivity index (χ4v) is 0.696. The van der Waals surface area contributed by atoms with Gasteiger partial charge in [0.1, 0.15) is 0 Å². The Morgan fingerprint density at radius 1 is 1.62 bits per heavy atom. The third kappa shape index (κ3) is 1.46. The van der Waals surface area contributed by atoms with E-state index in [-0.39, 0.29) is 0 Å². The molecule has 8 heavy (non-hydrogen) atoms. The molecule has 0 radical (unpaired) electrons. The van der Waals surface area contributed by atoms with Gasteiger partial charge in [0.05, 0.1) is 12.2 Å². The molecule has 0 aliphatic heterocycles. The Kier molecular flexibility index (Phi) is 1.54. The van der Waals surface area contributed by atoms with Crippen LogP contribution < -0.4 is 5.73 Å². The van der Waals surface area contributed by atoms with E-state index in [0.717, 1.165) is 6.42 Å². The Labute approximate surface area is 50.0 Å². The average molecular weight is 115 g/mol. The fourth-order valence-electron chi connectivity index (χ4n) is 0.696. The van der Waals surface area contributed by atoms with E-state index in [0.29, 0.717) is 18.2 Å². The van der Waals surface area contributed by atoms with Crippen LogP contribution in [0.25, 0.3) is 0 Å². The molecule has 0 saturated heterocycles. The van der Waals surface area contributed by atoms with Crippen LogP contribution in [0.5, 0.6) is 0 Å². The van der Waals surface area contributed by atoms with Crippen LogP contribution in [0.4, 0.5) is 0 Å². The third-order valence-corrected chi connectivity index (χ3v) is 1.23. The fraction of sp³-hybridized carbons (Fsp3) is 1.00. The third-order valence-electron chi connectivity index (χ3n) is 1.23. The van der Waals surface area contributed by atoms with E-state index in [1.165, 1.54) is 0 Å². The van der Waals surface area contributed by atoms with Crippen LogP contribution in [0.3, 0.4) is 0 Å². The van der Waals surface area contributed by atoms with Gasteiger partial charge < -0.3 is 10.5 Å². The lowest BCUT2D eigenvalue weighted by molar-refractivity contribution is 0.0619. The van der Waals surface area contributed by atoms with Gasteiger partial charge >= 0.3 is 0 Å². The molecule has 1 fully saturated rings. The van der Waals surface area contributed by atoms with Crippen LogP contribution in [0.1, 0.15) is 20.3 Å².